The second kappa shape index (κ2) is 5.55. The third-order valence-corrected chi connectivity index (χ3v) is 5.21. The molecule has 0 bridgehead atoms. The highest BCUT2D eigenvalue weighted by atomic mass is 35.7. The molecule has 1 aliphatic heterocycles. The Hall–Kier alpha value is -0.650. The lowest BCUT2D eigenvalue weighted by atomic mass is 9.93. The highest BCUT2D eigenvalue weighted by molar-refractivity contribution is 8.14. The predicted octanol–water partition coefficient (Wildman–Crippen LogP) is 2.34. The Kier molecular flexibility index (Phi) is 4.25. The first-order chi connectivity index (χ1) is 8.47. The van der Waals surface area contributed by atoms with Gasteiger partial charge in [-0.15, -0.1) is 0 Å². The molecule has 100 valence electrons. The van der Waals surface area contributed by atoms with Crippen LogP contribution < -0.4 is 0 Å². The number of rotatable bonds is 3. The quantitative estimate of drug-likeness (QED) is 0.803. The van der Waals surface area contributed by atoms with Gasteiger partial charge in [0.2, 0.25) is 9.05 Å². The highest BCUT2D eigenvalue weighted by Gasteiger charge is 2.34. The first kappa shape index (κ1) is 13.8. The molecular weight excluding hydrogens is 279 g/mol. The van der Waals surface area contributed by atoms with Gasteiger partial charge >= 0.3 is 0 Å². The summed E-state index contributed by atoms with van der Waals surface area (Å²) < 4.78 is 41.1. The SMILES string of the molecule is O=S(=O)(Cl)C1CCOCC1Cc1ccc(F)cc1. The zero-order chi connectivity index (χ0) is 13.2. The Morgan fingerprint density at radius 1 is 1.33 bits per heavy atom. The van der Waals surface area contributed by atoms with E-state index in [9.17, 15) is 12.8 Å². The molecule has 0 N–H and O–H groups in total. The number of benzene rings is 1. The standard InChI is InChI=1S/C12H14ClFO3S/c13-18(15,16)12-5-6-17-8-10(12)7-9-1-3-11(14)4-2-9/h1-4,10,12H,5-8H2. The summed E-state index contributed by atoms with van der Waals surface area (Å²) in [4.78, 5) is 0. The lowest BCUT2D eigenvalue weighted by Gasteiger charge is -2.29. The van der Waals surface area contributed by atoms with Crippen molar-refractivity contribution in [3.63, 3.8) is 0 Å². The van der Waals surface area contributed by atoms with Crippen molar-refractivity contribution in [2.24, 2.45) is 5.92 Å². The van der Waals surface area contributed by atoms with Gasteiger partial charge in [-0.1, -0.05) is 12.1 Å². The summed E-state index contributed by atoms with van der Waals surface area (Å²) in [5.41, 5.74) is 0.886. The predicted molar refractivity (Wildman–Crippen MR) is 67.6 cm³/mol. The molecular formula is C12H14ClFO3S. The van der Waals surface area contributed by atoms with E-state index in [2.05, 4.69) is 0 Å². The average Bonchev–Trinajstić information content (AvgIpc) is 2.31. The monoisotopic (exact) mass is 292 g/mol. The summed E-state index contributed by atoms with van der Waals surface area (Å²) in [5.74, 6) is -0.480. The summed E-state index contributed by atoms with van der Waals surface area (Å²) in [6.45, 7) is 0.782. The van der Waals surface area contributed by atoms with Crippen LogP contribution >= 0.6 is 10.7 Å². The van der Waals surface area contributed by atoms with Crippen molar-refractivity contribution in [1.82, 2.24) is 0 Å². The second-order valence-corrected chi connectivity index (χ2v) is 7.32. The summed E-state index contributed by atoms with van der Waals surface area (Å²) in [7, 11) is 1.87. The van der Waals surface area contributed by atoms with Crippen molar-refractivity contribution >= 4 is 19.7 Å². The van der Waals surface area contributed by atoms with E-state index in [4.69, 9.17) is 15.4 Å². The first-order valence-electron chi connectivity index (χ1n) is 5.72. The molecule has 0 spiro atoms. The van der Waals surface area contributed by atoms with Crippen LogP contribution in [0, 0.1) is 11.7 Å². The van der Waals surface area contributed by atoms with E-state index in [1.165, 1.54) is 12.1 Å². The molecule has 1 fully saturated rings. The van der Waals surface area contributed by atoms with Crippen LogP contribution in [-0.2, 0) is 20.2 Å². The van der Waals surface area contributed by atoms with E-state index in [1.54, 1.807) is 12.1 Å². The van der Waals surface area contributed by atoms with E-state index in [0.717, 1.165) is 5.56 Å². The fraction of sp³-hybridized carbons (Fsp3) is 0.500. The minimum Gasteiger partial charge on any atom is -0.381 e. The average molecular weight is 293 g/mol. The molecule has 1 aliphatic rings. The smallest absolute Gasteiger partial charge is 0.235 e. The van der Waals surface area contributed by atoms with E-state index >= 15 is 0 Å². The van der Waals surface area contributed by atoms with Crippen molar-refractivity contribution in [2.75, 3.05) is 13.2 Å². The molecule has 0 aliphatic carbocycles. The molecule has 3 nitrogen and oxygen atoms in total. The molecule has 1 heterocycles. The van der Waals surface area contributed by atoms with E-state index in [1.807, 2.05) is 0 Å². The van der Waals surface area contributed by atoms with Gasteiger partial charge in [-0.2, -0.15) is 0 Å². The van der Waals surface area contributed by atoms with Crippen molar-refractivity contribution in [3.05, 3.63) is 35.6 Å². The van der Waals surface area contributed by atoms with Gasteiger partial charge in [0.15, 0.2) is 0 Å². The Morgan fingerprint density at radius 2 is 2.00 bits per heavy atom. The maximum absolute atomic E-state index is 12.8. The Bertz CT molecular complexity index is 501. The number of hydrogen-bond donors (Lipinski definition) is 0. The molecule has 2 rings (SSSR count). The normalized spacial score (nSPS) is 25.0. The fourth-order valence-electron chi connectivity index (χ4n) is 2.26. The molecule has 18 heavy (non-hydrogen) atoms. The van der Waals surface area contributed by atoms with Gasteiger partial charge in [0.25, 0.3) is 0 Å². The maximum atomic E-state index is 12.8. The number of ether oxygens (including phenoxy) is 1. The van der Waals surface area contributed by atoms with Crippen LogP contribution in [0.3, 0.4) is 0 Å². The van der Waals surface area contributed by atoms with Gasteiger partial charge in [-0.05, 0) is 30.5 Å². The van der Waals surface area contributed by atoms with Crippen LogP contribution in [0.15, 0.2) is 24.3 Å². The van der Waals surface area contributed by atoms with Gasteiger partial charge < -0.3 is 4.74 Å². The molecule has 1 aromatic rings. The maximum Gasteiger partial charge on any atom is 0.235 e. The van der Waals surface area contributed by atoms with Crippen molar-refractivity contribution in [2.45, 2.75) is 18.1 Å². The molecule has 6 heteroatoms. The molecule has 0 radical (unpaired) electrons. The van der Waals surface area contributed by atoms with E-state index in [-0.39, 0.29) is 11.7 Å². The zero-order valence-corrected chi connectivity index (χ0v) is 11.3. The molecule has 2 unspecified atom stereocenters. The molecule has 2 atom stereocenters. The Labute approximate surface area is 110 Å². The van der Waals surface area contributed by atoms with E-state index < -0.39 is 14.3 Å². The molecule has 0 amide bonds. The van der Waals surface area contributed by atoms with Gasteiger partial charge in [0.05, 0.1) is 11.9 Å². The lowest BCUT2D eigenvalue weighted by molar-refractivity contribution is 0.0577. The molecule has 0 aromatic heterocycles. The number of hydrogen-bond acceptors (Lipinski definition) is 3. The fourth-order valence-corrected chi connectivity index (χ4v) is 3.98. The largest absolute Gasteiger partial charge is 0.381 e. The highest BCUT2D eigenvalue weighted by Crippen LogP contribution is 2.27. The minimum atomic E-state index is -3.59. The van der Waals surface area contributed by atoms with Crippen LogP contribution in [0.25, 0.3) is 0 Å². The number of halogens is 2. The molecule has 1 aromatic carbocycles. The summed E-state index contributed by atoms with van der Waals surface area (Å²) in [6, 6.07) is 6.04. The Balaban J connectivity index is 2.13. The first-order valence-corrected chi connectivity index (χ1v) is 8.10. The minimum absolute atomic E-state index is 0.174. The topological polar surface area (TPSA) is 43.4 Å². The van der Waals surface area contributed by atoms with Gasteiger partial charge in [-0.25, -0.2) is 12.8 Å². The Morgan fingerprint density at radius 3 is 2.61 bits per heavy atom. The zero-order valence-electron chi connectivity index (χ0n) is 9.68. The van der Waals surface area contributed by atoms with Crippen LogP contribution in [-0.4, -0.2) is 26.9 Å². The third-order valence-electron chi connectivity index (χ3n) is 3.18. The van der Waals surface area contributed by atoms with Crippen molar-refractivity contribution in [1.29, 1.82) is 0 Å². The van der Waals surface area contributed by atoms with Gasteiger partial charge in [0, 0.05) is 23.2 Å². The van der Waals surface area contributed by atoms with Crippen LogP contribution in [0.2, 0.25) is 0 Å². The van der Waals surface area contributed by atoms with Crippen LogP contribution in [0.4, 0.5) is 4.39 Å². The van der Waals surface area contributed by atoms with Gasteiger partial charge in [-0.3, -0.25) is 0 Å². The van der Waals surface area contributed by atoms with Gasteiger partial charge in [0.1, 0.15) is 5.82 Å². The summed E-state index contributed by atoms with van der Waals surface area (Å²) in [6.07, 6.45) is 0.939. The summed E-state index contributed by atoms with van der Waals surface area (Å²) in [5, 5.41) is -0.585. The summed E-state index contributed by atoms with van der Waals surface area (Å²) >= 11 is 0. The van der Waals surface area contributed by atoms with Crippen LogP contribution in [0.5, 0.6) is 0 Å². The second-order valence-electron chi connectivity index (χ2n) is 4.47. The molecule has 1 saturated heterocycles. The van der Waals surface area contributed by atoms with E-state index in [0.29, 0.717) is 26.1 Å². The van der Waals surface area contributed by atoms with Crippen molar-refractivity contribution in [3.8, 4) is 0 Å². The molecule has 0 saturated carbocycles. The van der Waals surface area contributed by atoms with Crippen molar-refractivity contribution < 1.29 is 17.5 Å². The lowest BCUT2D eigenvalue weighted by Crippen LogP contribution is -2.37. The third kappa shape index (κ3) is 3.43. The van der Waals surface area contributed by atoms with Crippen LogP contribution in [0.1, 0.15) is 12.0 Å².